The minimum Gasteiger partial charge on any atom is -0.550 e. The summed E-state index contributed by atoms with van der Waals surface area (Å²) in [6.45, 7) is 5.06. The molecule has 4 aliphatic rings. The molecule has 6 atom stereocenters. The summed E-state index contributed by atoms with van der Waals surface area (Å²) < 4.78 is 0. The third kappa shape index (κ3) is 3.39. The van der Waals surface area contributed by atoms with Crippen molar-refractivity contribution in [2.75, 3.05) is 0 Å². The van der Waals surface area contributed by atoms with Crippen LogP contribution in [0.25, 0.3) is 0 Å². The van der Waals surface area contributed by atoms with Gasteiger partial charge in [0.25, 0.3) is 0 Å². The van der Waals surface area contributed by atoms with Crippen LogP contribution in [0.5, 0.6) is 0 Å². The number of carbonyl (C=O) groups is 1. The maximum absolute atomic E-state index is 10.9. The van der Waals surface area contributed by atoms with Gasteiger partial charge in [0.1, 0.15) is 0 Å². The normalized spacial score (nSPS) is 45.4. The summed E-state index contributed by atoms with van der Waals surface area (Å²) >= 11 is 0. The fourth-order valence-electron chi connectivity index (χ4n) is 7.63. The Hall–Kier alpha value is 0.846. The monoisotopic (exact) mass is 368 g/mol. The second-order valence-corrected chi connectivity index (χ2v) is 9.68. The molecule has 0 aromatic rings. The standard InChI is InChI=1S/C22H34O2.K/c1-21-13-4-3-5-15(21)6-9-17-18-10-7-16(8-11-20(23)24)22(18,2)14-12-19(17)21;/h5,16-19H,3-4,6-14H2,1-2H3,(H,23,24);/q;+1/p-1/t16-,17-,18-,19-,21-,22+;/m0./s1. The predicted octanol–water partition coefficient (Wildman–Crippen LogP) is 1.49. The van der Waals surface area contributed by atoms with Gasteiger partial charge in [-0.05, 0) is 105 Å². The Morgan fingerprint density at radius 1 is 1.16 bits per heavy atom. The molecule has 4 aliphatic carbocycles. The number of carboxylic acids is 1. The summed E-state index contributed by atoms with van der Waals surface area (Å²) in [6, 6.07) is 0. The van der Waals surface area contributed by atoms with Crippen LogP contribution >= 0.6 is 0 Å². The topological polar surface area (TPSA) is 40.1 Å². The zero-order valence-corrected chi connectivity index (χ0v) is 19.6. The van der Waals surface area contributed by atoms with Crippen molar-refractivity contribution in [1.29, 1.82) is 0 Å². The molecule has 3 fully saturated rings. The van der Waals surface area contributed by atoms with E-state index in [-0.39, 0.29) is 57.8 Å². The summed E-state index contributed by atoms with van der Waals surface area (Å²) in [4.78, 5) is 10.9. The molecule has 134 valence electrons. The van der Waals surface area contributed by atoms with Gasteiger partial charge in [-0.25, -0.2) is 0 Å². The average Bonchev–Trinajstić information content (AvgIpc) is 2.89. The Morgan fingerprint density at radius 2 is 1.96 bits per heavy atom. The molecule has 4 rings (SSSR count). The van der Waals surface area contributed by atoms with E-state index in [1.807, 2.05) is 0 Å². The van der Waals surface area contributed by atoms with Gasteiger partial charge in [0.05, 0.1) is 0 Å². The molecule has 0 heterocycles. The van der Waals surface area contributed by atoms with Crippen molar-refractivity contribution in [2.45, 2.75) is 84.5 Å². The maximum atomic E-state index is 10.9. The molecular weight excluding hydrogens is 335 g/mol. The summed E-state index contributed by atoms with van der Waals surface area (Å²) in [7, 11) is 0. The number of carbonyl (C=O) groups excluding carboxylic acids is 1. The molecule has 0 amide bonds. The van der Waals surface area contributed by atoms with Gasteiger partial charge in [0.15, 0.2) is 0 Å². The van der Waals surface area contributed by atoms with Crippen LogP contribution in [0.1, 0.15) is 84.5 Å². The number of carboxylic acid groups (broad SMARTS) is 1. The molecule has 0 aromatic carbocycles. The zero-order valence-electron chi connectivity index (χ0n) is 16.5. The molecule has 0 unspecified atom stereocenters. The van der Waals surface area contributed by atoms with Gasteiger partial charge < -0.3 is 9.90 Å². The number of hydrogen-bond acceptors (Lipinski definition) is 2. The largest absolute Gasteiger partial charge is 1.00 e. The smallest absolute Gasteiger partial charge is 0.550 e. The Morgan fingerprint density at radius 3 is 2.72 bits per heavy atom. The van der Waals surface area contributed by atoms with E-state index in [9.17, 15) is 9.90 Å². The molecule has 0 saturated heterocycles. The van der Waals surface area contributed by atoms with Gasteiger partial charge in [0.2, 0.25) is 0 Å². The van der Waals surface area contributed by atoms with Crippen molar-refractivity contribution in [1.82, 2.24) is 0 Å². The minimum atomic E-state index is -0.863. The van der Waals surface area contributed by atoms with Crippen LogP contribution in [-0.4, -0.2) is 5.97 Å². The summed E-state index contributed by atoms with van der Waals surface area (Å²) in [5.41, 5.74) is 2.65. The third-order valence-corrected chi connectivity index (χ3v) is 8.92. The third-order valence-electron chi connectivity index (χ3n) is 8.92. The summed E-state index contributed by atoms with van der Waals surface area (Å²) in [5.74, 6) is 2.35. The molecule has 3 saturated carbocycles. The van der Waals surface area contributed by atoms with E-state index in [1.54, 1.807) is 5.57 Å². The van der Waals surface area contributed by atoms with E-state index in [0.29, 0.717) is 16.7 Å². The van der Waals surface area contributed by atoms with Crippen molar-refractivity contribution in [3.8, 4) is 0 Å². The Labute approximate surface area is 196 Å². The van der Waals surface area contributed by atoms with Crippen molar-refractivity contribution in [3.63, 3.8) is 0 Å². The predicted molar refractivity (Wildman–Crippen MR) is 94.1 cm³/mol. The van der Waals surface area contributed by atoms with E-state index in [0.717, 1.165) is 24.2 Å². The minimum absolute atomic E-state index is 0. The molecule has 0 aromatic heterocycles. The molecule has 0 N–H and O–H groups in total. The van der Waals surface area contributed by atoms with Gasteiger partial charge >= 0.3 is 51.4 Å². The van der Waals surface area contributed by atoms with Crippen LogP contribution < -0.4 is 56.5 Å². The van der Waals surface area contributed by atoms with Crippen LogP contribution in [0, 0.1) is 34.5 Å². The van der Waals surface area contributed by atoms with Gasteiger partial charge in [-0.15, -0.1) is 0 Å². The molecule has 2 nitrogen and oxygen atoms in total. The second-order valence-electron chi connectivity index (χ2n) is 9.68. The first-order valence-electron chi connectivity index (χ1n) is 10.3. The van der Waals surface area contributed by atoms with E-state index < -0.39 is 5.97 Å². The number of fused-ring (bicyclic) bond motifs is 5. The van der Waals surface area contributed by atoms with E-state index in [4.69, 9.17) is 0 Å². The molecule has 0 radical (unpaired) electrons. The first-order valence-corrected chi connectivity index (χ1v) is 10.3. The fourth-order valence-corrected chi connectivity index (χ4v) is 7.63. The Bertz CT molecular complexity index is 556. The first-order chi connectivity index (χ1) is 11.4. The first kappa shape index (κ1) is 20.6. The summed E-state index contributed by atoms with van der Waals surface area (Å²) in [5, 5.41) is 10.9. The summed E-state index contributed by atoms with van der Waals surface area (Å²) in [6.07, 6.45) is 15.7. The molecule has 0 spiro atoms. The number of hydrogen-bond donors (Lipinski definition) is 0. The molecule has 0 aliphatic heterocycles. The van der Waals surface area contributed by atoms with Gasteiger partial charge in [-0.2, -0.15) is 0 Å². The average molecular weight is 369 g/mol. The molecule has 3 heteroatoms. The van der Waals surface area contributed by atoms with Crippen LogP contribution in [0.4, 0.5) is 0 Å². The van der Waals surface area contributed by atoms with Crippen molar-refractivity contribution in [2.24, 2.45) is 34.5 Å². The van der Waals surface area contributed by atoms with Crippen molar-refractivity contribution < 1.29 is 61.3 Å². The Kier molecular flexibility index (Phi) is 6.33. The molecule has 0 bridgehead atoms. The molecule has 25 heavy (non-hydrogen) atoms. The van der Waals surface area contributed by atoms with Gasteiger partial charge in [-0.1, -0.05) is 25.5 Å². The maximum Gasteiger partial charge on any atom is 1.00 e. The van der Waals surface area contributed by atoms with E-state index in [1.165, 1.54) is 57.8 Å². The van der Waals surface area contributed by atoms with Crippen LogP contribution in [0.3, 0.4) is 0 Å². The number of rotatable bonds is 3. The van der Waals surface area contributed by atoms with Crippen LogP contribution in [0.15, 0.2) is 11.6 Å². The van der Waals surface area contributed by atoms with Crippen LogP contribution in [0.2, 0.25) is 0 Å². The van der Waals surface area contributed by atoms with Crippen molar-refractivity contribution >= 4 is 5.97 Å². The number of allylic oxidation sites excluding steroid dienone is 2. The second kappa shape index (κ2) is 7.70. The SMILES string of the molecule is C[C@]12CC[C@H]3[C@@H](CCC4=CCCC[C@@]43C)[C@@H]1CC[C@H]2CCC(=O)[O-].[K+]. The number of aliphatic carboxylic acids is 1. The van der Waals surface area contributed by atoms with Gasteiger partial charge in [0, 0.05) is 5.97 Å². The Balaban J connectivity index is 0.00000182. The van der Waals surface area contributed by atoms with E-state index in [2.05, 4.69) is 19.9 Å². The van der Waals surface area contributed by atoms with Crippen molar-refractivity contribution in [3.05, 3.63) is 11.6 Å². The van der Waals surface area contributed by atoms with Crippen LogP contribution in [-0.2, 0) is 4.79 Å². The van der Waals surface area contributed by atoms with E-state index >= 15 is 0 Å². The quantitative estimate of drug-likeness (QED) is 0.559. The molecular formula is C22H33KO2. The zero-order chi connectivity index (χ0) is 16.9. The van der Waals surface area contributed by atoms with Gasteiger partial charge in [-0.3, -0.25) is 0 Å². The fraction of sp³-hybridized carbons (Fsp3) is 0.864.